The average Bonchev–Trinajstić information content (AvgIpc) is 2.41. The van der Waals surface area contributed by atoms with Crippen LogP contribution in [0.3, 0.4) is 0 Å². The fourth-order valence-corrected chi connectivity index (χ4v) is 1.79. The van der Waals surface area contributed by atoms with Gasteiger partial charge in [0.25, 0.3) is 0 Å². The monoisotopic (exact) mass is 338 g/mol. The molecule has 1 aromatic carbocycles. The summed E-state index contributed by atoms with van der Waals surface area (Å²) in [5, 5.41) is 22.2. The van der Waals surface area contributed by atoms with Crippen molar-refractivity contribution < 1.29 is 14.8 Å². The highest BCUT2D eigenvalue weighted by molar-refractivity contribution is 9.10. The minimum Gasteiger partial charge on any atom is -0.478 e. The molecule has 0 fully saturated rings. The van der Waals surface area contributed by atoms with Crippen molar-refractivity contribution in [3.63, 3.8) is 0 Å². The molecule has 0 aliphatic rings. The Morgan fingerprint density at radius 2 is 2.00 bits per heavy atom. The van der Waals surface area contributed by atoms with Gasteiger partial charge in [0.2, 0.25) is 5.95 Å². The molecule has 2 aromatic rings. The van der Waals surface area contributed by atoms with Gasteiger partial charge in [0.15, 0.2) is 0 Å². The third-order valence-corrected chi connectivity index (χ3v) is 2.99. The molecule has 0 aliphatic carbocycles. The van der Waals surface area contributed by atoms with E-state index in [4.69, 9.17) is 5.11 Å². The number of benzene rings is 1. The van der Waals surface area contributed by atoms with Gasteiger partial charge in [-0.25, -0.2) is 14.8 Å². The van der Waals surface area contributed by atoms with Crippen molar-refractivity contribution in [2.45, 2.75) is 0 Å². The Kier molecular flexibility index (Phi) is 3.89. The zero-order valence-corrected chi connectivity index (χ0v) is 11.4. The topological polar surface area (TPSA) is 118 Å². The Labute approximate surface area is 120 Å². The highest BCUT2D eigenvalue weighted by Crippen LogP contribution is 2.23. The van der Waals surface area contributed by atoms with Gasteiger partial charge < -0.3 is 10.4 Å². The first kappa shape index (κ1) is 13.9. The van der Waals surface area contributed by atoms with Crippen molar-refractivity contribution >= 4 is 39.2 Å². The molecule has 0 unspecified atom stereocenters. The number of halogens is 1. The smallest absolute Gasteiger partial charge is 0.336 e. The van der Waals surface area contributed by atoms with E-state index in [-0.39, 0.29) is 17.2 Å². The van der Waals surface area contributed by atoms with Crippen LogP contribution >= 0.6 is 15.9 Å². The molecule has 0 radical (unpaired) electrons. The van der Waals surface area contributed by atoms with Crippen LogP contribution < -0.4 is 5.32 Å². The lowest BCUT2D eigenvalue weighted by Gasteiger charge is -2.06. The van der Waals surface area contributed by atoms with Crippen molar-refractivity contribution in [2.24, 2.45) is 0 Å². The zero-order valence-electron chi connectivity index (χ0n) is 9.78. The van der Waals surface area contributed by atoms with Crippen molar-refractivity contribution in [1.29, 1.82) is 0 Å². The average molecular weight is 339 g/mol. The largest absolute Gasteiger partial charge is 0.478 e. The summed E-state index contributed by atoms with van der Waals surface area (Å²) >= 11 is 3.13. The standard InChI is InChI=1S/C11H7BrN4O4/c12-9-2-1-6(3-8(9)10(17)18)15-11-13-4-7(5-14-11)16(19)20/h1-5H,(H,17,18)(H,13,14,15). The van der Waals surface area contributed by atoms with Gasteiger partial charge in [-0.05, 0) is 34.1 Å². The maximum absolute atomic E-state index is 11.0. The van der Waals surface area contributed by atoms with Crippen LogP contribution in [0.4, 0.5) is 17.3 Å². The van der Waals surface area contributed by atoms with Crippen LogP contribution in [-0.4, -0.2) is 26.0 Å². The molecule has 0 saturated carbocycles. The molecule has 2 N–H and O–H groups in total. The molecule has 8 nitrogen and oxygen atoms in total. The van der Waals surface area contributed by atoms with E-state index in [1.807, 2.05) is 0 Å². The maximum Gasteiger partial charge on any atom is 0.336 e. The van der Waals surface area contributed by atoms with E-state index in [2.05, 4.69) is 31.2 Å². The summed E-state index contributed by atoms with van der Waals surface area (Å²) in [7, 11) is 0. The zero-order chi connectivity index (χ0) is 14.7. The van der Waals surface area contributed by atoms with Gasteiger partial charge in [0.05, 0.1) is 10.5 Å². The molecule has 102 valence electrons. The number of rotatable bonds is 4. The fraction of sp³-hybridized carbons (Fsp3) is 0. The first-order valence-electron chi connectivity index (χ1n) is 5.23. The van der Waals surface area contributed by atoms with E-state index in [0.717, 1.165) is 12.4 Å². The Bertz CT molecular complexity index is 675. The number of anilines is 2. The molecule has 1 aromatic heterocycles. The summed E-state index contributed by atoms with van der Waals surface area (Å²) < 4.78 is 0.445. The Hall–Kier alpha value is -2.55. The molecule has 20 heavy (non-hydrogen) atoms. The second kappa shape index (κ2) is 5.61. The van der Waals surface area contributed by atoms with Crippen molar-refractivity contribution in [3.05, 3.63) is 50.7 Å². The molecule has 1 heterocycles. The molecular formula is C11H7BrN4O4. The predicted octanol–water partition coefficient (Wildman–Crippen LogP) is 2.59. The van der Waals surface area contributed by atoms with Crippen LogP contribution in [0.2, 0.25) is 0 Å². The third-order valence-electron chi connectivity index (χ3n) is 2.30. The van der Waals surface area contributed by atoms with Gasteiger partial charge >= 0.3 is 11.7 Å². The van der Waals surface area contributed by atoms with E-state index in [1.165, 1.54) is 6.07 Å². The number of carbonyl (C=O) groups is 1. The first-order chi connectivity index (χ1) is 9.47. The second-order valence-electron chi connectivity index (χ2n) is 3.65. The van der Waals surface area contributed by atoms with Crippen molar-refractivity contribution in [2.75, 3.05) is 5.32 Å². The maximum atomic E-state index is 11.0. The number of carboxylic acid groups (broad SMARTS) is 1. The summed E-state index contributed by atoms with van der Waals surface area (Å²) in [5.74, 6) is -0.945. The molecule has 2 rings (SSSR count). The summed E-state index contributed by atoms with van der Waals surface area (Å²) in [4.78, 5) is 28.4. The number of carboxylic acids is 1. The second-order valence-corrected chi connectivity index (χ2v) is 4.50. The molecule has 0 spiro atoms. The van der Waals surface area contributed by atoms with Crippen LogP contribution in [0, 0.1) is 10.1 Å². The Morgan fingerprint density at radius 1 is 1.35 bits per heavy atom. The number of hydrogen-bond donors (Lipinski definition) is 2. The summed E-state index contributed by atoms with van der Waals surface area (Å²) in [6, 6.07) is 4.59. The van der Waals surface area contributed by atoms with Gasteiger partial charge in [0, 0.05) is 10.2 Å². The van der Waals surface area contributed by atoms with Crippen LogP contribution in [-0.2, 0) is 0 Å². The minimum absolute atomic E-state index is 0.0805. The van der Waals surface area contributed by atoms with Crippen LogP contribution in [0.5, 0.6) is 0 Å². The lowest BCUT2D eigenvalue weighted by Crippen LogP contribution is -2.01. The number of hydrogen-bond acceptors (Lipinski definition) is 6. The highest BCUT2D eigenvalue weighted by atomic mass is 79.9. The number of aromatic nitrogens is 2. The summed E-state index contributed by atoms with van der Waals surface area (Å²) in [5.41, 5.74) is 0.314. The normalized spacial score (nSPS) is 10.1. The Balaban J connectivity index is 2.23. The number of nitro groups is 1. The quantitative estimate of drug-likeness (QED) is 0.649. The predicted molar refractivity (Wildman–Crippen MR) is 73.1 cm³/mol. The van der Waals surface area contributed by atoms with Crippen LogP contribution in [0.25, 0.3) is 0 Å². The van der Waals surface area contributed by atoms with Gasteiger partial charge in [-0.3, -0.25) is 10.1 Å². The number of aromatic carboxylic acids is 1. The lowest BCUT2D eigenvalue weighted by atomic mass is 10.2. The van der Waals surface area contributed by atoms with Crippen LogP contribution in [0.1, 0.15) is 10.4 Å². The molecule has 0 saturated heterocycles. The fourth-order valence-electron chi connectivity index (χ4n) is 1.38. The molecule has 9 heteroatoms. The van der Waals surface area contributed by atoms with E-state index >= 15 is 0 Å². The van der Waals surface area contributed by atoms with Gasteiger partial charge in [0.1, 0.15) is 12.4 Å². The first-order valence-corrected chi connectivity index (χ1v) is 6.03. The van der Waals surface area contributed by atoms with Crippen LogP contribution in [0.15, 0.2) is 35.1 Å². The lowest BCUT2D eigenvalue weighted by molar-refractivity contribution is -0.385. The SMILES string of the molecule is O=C(O)c1cc(Nc2ncc([N+](=O)[O-])cn2)ccc1Br. The van der Waals surface area contributed by atoms with E-state index in [1.54, 1.807) is 12.1 Å². The summed E-state index contributed by atoms with van der Waals surface area (Å²) in [6.07, 6.45) is 2.12. The molecule has 0 atom stereocenters. The minimum atomic E-state index is -1.08. The molecule has 0 amide bonds. The molecule has 0 aliphatic heterocycles. The highest BCUT2D eigenvalue weighted by Gasteiger charge is 2.10. The van der Waals surface area contributed by atoms with Crippen molar-refractivity contribution in [3.8, 4) is 0 Å². The summed E-state index contributed by atoms with van der Waals surface area (Å²) in [6.45, 7) is 0. The number of nitrogens with one attached hydrogen (secondary N) is 1. The van der Waals surface area contributed by atoms with Gasteiger partial charge in [-0.2, -0.15) is 0 Å². The number of nitrogens with zero attached hydrogens (tertiary/aromatic N) is 3. The van der Waals surface area contributed by atoms with Gasteiger partial charge in [-0.15, -0.1) is 0 Å². The van der Waals surface area contributed by atoms with E-state index in [0.29, 0.717) is 10.2 Å². The molecule has 0 bridgehead atoms. The Morgan fingerprint density at radius 3 is 2.55 bits per heavy atom. The van der Waals surface area contributed by atoms with Crippen molar-refractivity contribution in [1.82, 2.24) is 9.97 Å². The van der Waals surface area contributed by atoms with Gasteiger partial charge in [-0.1, -0.05) is 0 Å². The third kappa shape index (κ3) is 3.06. The molecular weight excluding hydrogens is 332 g/mol. The van der Waals surface area contributed by atoms with E-state index < -0.39 is 10.9 Å². The van der Waals surface area contributed by atoms with E-state index in [9.17, 15) is 14.9 Å².